The molecular formula is C8H15N5OS. The fourth-order valence-electron chi connectivity index (χ4n) is 0.854. The number of ether oxygens (including phenoxy) is 1. The second kappa shape index (κ2) is 6.41. The molecule has 1 aromatic rings. The lowest BCUT2D eigenvalue weighted by molar-refractivity contribution is 0.288. The van der Waals surface area contributed by atoms with E-state index in [-0.39, 0.29) is 0 Å². The predicted molar refractivity (Wildman–Crippen MR) is 59.8 cm³/mol. The van der Waals surface area contributed by atoms with Crippen molar-refractivity contribution < 1.29 is 4.74 Å². The van der Waals surface area contributed by atoms with Gasteiger partial charge in [-0.15, -0.1) is 0 Å². The van der Waals surface area contributed by atoms with Crippen LogP contribution in [-0.2, 0) is 0 Å². The lowest BCUT2D eigenvalue weighted by atomic mass is 10.5. The zero-order valence-electron chi connectivity index (χ0n) is 8.86. The van der Waals surface area contributed by atoms with E-state index in [4.69, 9.17) is 10.6 Å². The Hall–Kier alpha value is -1.08. The maximum absolute atomic E-state index is 5.31. The maximum atomic E-state index is 5.31. The Bertz CT molecular complexity index is 309. The second-order valence-corrected chi connectivity index (χ2v) is 3.88. The molecule has 1 rings (SSSR count). The Morgan fingerprint density at radius 2 is 2.13 bits per heavy atom. The Balaban J connectivity index is 2.79. The van der Waals surface area contributed by atoms with E-state index in [0.717, 1.165) is 12.2 Å². The smallest absolute Gasteiger partial charge is 0.322 e. The van der Waals surface area contributed by atoms with Gasteiger partial charge < -0.3 is 4.74 Å². The number of nitrogens with two attached hydrogens (primary N) is 1. The summed E-state index contributed by atoms with van der Waals surface area (Å²) in [6, 6.07) is 0.316. The minimum absolute atomic E-state index is 0.316. The van der Waals surface area contributed by atoms with Gasteiger partial charge in [-0.2, -0.15) is 15.0 Å². The van der Waals surface area contributed by atoms with E-state index in [1.54, 1.807) is 0 Å². The molecule has 0 atom stereocenters. The summed E-state index contributed by atoms with van der Waals surface area (Å²) in [7, 11) is 0. The van der Waals surface area contributed by atoms with Crippen molar-refractivity contribution >= 4 is 17.7 Å². The highest BCUT2D eigenvalue weighted by molar-refractivity contribution is 7.99. The van der Waals surface area contributed by atoms with Crippen molar-refractivity contribution in [3.05, 3.63) is 0 Å². The van der Waals surface area contributed by atoms with Crippen LogP contribution in [0.5, 0.6) is 6.01 Å². The largest absolute Gasteiger partial charge is 0.463 e. The quantitative estimate of drug-likeness (QED) is 0.428. The topological polar surface area (TPSA) is 86.0 Å². The third-order valence-corrected chi connectivity index (χ3v) is 2.16. The van der Waals surface area contributed by atoms with Crippen LogP contribution in [0.4, 0.5) is 5.95 Å². The fourth-order valence-corrected chi connectivity index (χ4v) is 1.41. The summed E-state index contributed by atoms with van der Waals surface area (Å²) < 4.78 is 5.31. The number of rotatable bonds is 6. The SMILES string of the molecule is CCCOc1nc(NN)nc(SCC)n1. The van der Waals surface area contributed by atoms with Crippen LogP contribution in [0.3, 0.4) is 0 Å². The van der Waals surface area contributed by atoms with Crippen molar-refractivity contribution in [1.82, 2.24) is 15.0 Å². The number of hydrogen-bond acceptors (Lipinski definition) is 7. The molecule has 0 saturated heterocycles. The standard InChI is InChI=1S/C8H15N5OS/c1-3-5-14-7-10-6(13-9)11-8(12-7)15-4-2/h3-5,9H2,1-2H3,(H,10,11,12,13). The lowest BCUT2D eigenvalue weighted by Gasteiger charge is -2.05. The van der Waals surface area contributed by atoms with Crippen molar-refractivity contribution in [3.63, 3.8) is 0 Å². The number of hydrazine groups is 1. The van der Waals surface area contributed by atoms with E-state index in [0.29, 0.717) is 23.7 Å². The molecule has 7 heteroatoms. The van der Waals surface area contributed by atoms with Gasteiger partial charge in [-0.1, -0.05) is 25.6 Å². The van der Waals surface area contributed by atoms with E-state index in [2.05, 4.69) is 20.4 Å². The highest BCUT2D eigenvalue weighted by atomic mass is 32.2. The van der Waals surface area contributed by atoms with Crippen molar-refractivity contribution in [2.24, 2.45) is 5.84 Å². The van der Waals surface area contributed by atoms with Gasteiger partial charge >= 0.3 is 6.01 Å². The summed E-state index contributed by atoms with van der Waals surface area (Å²) in [5.41, 5.74) is 2.39. The first-order valence-electron chi connectivity index (χ1n) is 4.78. The number of anilines is 1. The molecule has 0 saturated carbocycles. The number of hydrogen-bond donors (Lipinski definition) is 2. The molecule has 1 heterocycles. The van der Waals surface area contributed by atoms with Crippen LogP contribution >= 0.6 is 11.8 Å². The van der Waals surface area contributed by atoms with Crippen LogP contribution in [0, 0.1) is 0 Å². The summed E-state index contributed by atoms with van der Waals surface area (Å²) >= 11 is 1.51. The van der Waals surface area contributed by atoms with Gasteiger partial charge in [-0.05, 0) is 12.2 Å². The maximum Gasteiger partial charge on any atom is 0.322 e. The van der Waals surface area contributed by atoms with Crippen LogP contribution in [-0.4, -0.2) is 27.3 Å². The number of nitrogen functional groups attached to an aromatic ring is 1. The van der Waals surface area contributed by atoms with E-state index < -0.39 is 0 Å². The van der Waals surface area contributed by atoms with Gasteiger partial charge in [0.15, 0.2) is 5.16 Å². The predicted octanol–water partition coefficient (Wildman–Crippen LogP) is 1.06. The molecule has 0 fully saturated rings. The molecule has 0 radical (unpaired) electrons. The van der Waals surface area contributed by atoms with Crippen LogP contribution < -0.4 is 16.0 Å². The molecular weight excluding hydrogens is 214 g/mol. The van der Waals surface area contributed by atoms with E-state index in [1.807, 2.05) is 13.8 Å². The van der Waals surface area contributed by atoms with Crippen molar-refractivity contribution in [2.45, 2.75) is 25.4 Å². The molecule has 15 heavy (non-hydrogen) atoms. The van der Waals surface area contributed by atoms with Crippen molar-refractivity contribution in [2.75, 3.05) is 17.8 Å². The number of aromatic nitrogens is 3. The Morgan fingerprint density at radius 1 is 1.33 bits per heavy atom. The first-order valence-corrected chi connectivity index (χ1v) is 5.77. The summed E-state index contributed by atoms with van der Waals surface area (Å²) in [6.07, 6.45) is 0.910. The summed E-state index contributed by atoms with van der Waals surface area (Å²) in [5.74, 6) is 6.46. The van der Waals surface area contributed by atoms with Gasteiger partial charge in [0, 0.05) is 0 Å². The highest BCUT2D eigenvalue weighted by Crippen LogP contribution is 2.16. The van der Waals surface area contributed by atoms with E-state index in [1.165, 1.54) is 11.8 Å². The molecule has 0 bridgehead atoms. The molecule has 0 aliphatic carbocycles. The van der Waals surface area contributed by atoms with Gasteiger partial charge in [0.1, 0.15) is 0 Å². The zero-order chi connectivity index (χ0) is 11.1. The van der Waals surface area contributed by atoms with Crippen LogP contribution in [0.25, 0.3) is 0 Å². The van der Waals surface area contributed by atoms with Crippen molar-refractivity contribution in [3.8, 4) is 6.01 Å². The average molecular weight is 229 g/mol. The third kappa shape index (κ3) is 3.88. The monoisotopic (exact) mass is 229 g/mol. The molecule has 3 N–H and O–H groups in total. The van der Waals surface area contributed by atoms with Crippen LogP contribution in [0.1, 0.15) is 20.3 Å². The minimum atomic E-state index is 0.316. The lowest BCUT2D eigenvalue weighted by Crippen LogP contribution is -2.13. The number of nitrogens with zero attached hydrogens (tertiary/aromatic N) is 3. The normalized spacial score (nSPS) is 10.1. The molecule has 0 unspecified atom stereocenters. The number of thioether (sulfide) groups is 1. The summed E-state index contributed by atoms with van der Waals surface area (Å²) in [5, 5.41) is 0.617. The van der Waals surface area contributed by atoms with Gasteiger partial charge in [-0.3, -0.25) is 5.43 Å². The minimum Gasteiger partial charge on any atom is -0.463 e. The summed E-state index contributed by atoms with van der Waals surface area (Å²) in [6.45, 7) is 4.63. The van der Waals surface area contributed by atoms with Gasteiger partial charge in [0.05, 0.1) is 6.61 Å². The second-order valence-electron chi connectivity index (χ2n) is 2.65. The number of nitrogens with one attached hydrogen (secondary N) is 1. The van der Waals surface area contributed by atoms with Gasteiger partial charge in [-0.25, -0.2) is 5.84 Å². The molecule has 0 aliphatic heterocycles. The first-order chi connectivity index (χ1) is 7.30. The molecule has 0 amide bonds. The summed E-state index contributed by atoms with van der Waals surface area (Å²) in [4.78, 5) is 12.2. The molecule has 0 aliphatic rings. The fraction of sp³-hybridized carbons (Fsp3) is 0.625. The van der Waals surface area contributed by atoms with Crippen LogP contribution in [0.2, 0.25) is 0 Å². The van der Waals surface area contributed by atoms with E-state index >= 15 is 0 Å². The Morgan fingerprint density at radius 3 is 2.73 bits per heavy atom. The average Bonchev–Trinajstić information content (AvgIpc) is 2.26. The molecule has 0 aromatic carbocycles. The molecule has 6 nitrogen and oxygen atoms in total. The highest BCUT2D eigenvalue weighted by Gasteiger charge is 2.06. The van der Waals surface area contributed by atoms with Crippen molar-refractivity contribution in [1.29, 1.82) is 0 Å². The third-order valence-electron chi connectivity index (χ3n) is 1.43. The van der Waals surface area contributed by atoms with Crippen LogP contribution in [0.15, 0.2) is 5.16 Å². The Labute approximate surface area is 93.0 Å². The molecule has 1 aromatic heterocycles. The molecule has 84 valence electrons. The zero-order valence-corrected chi connectivity index (χ0v) is 9.67. The van der Waals surface area contributed by atoms with Gasteiger partial charge in [0.2, 0.25) is 5.95 Å². The Kier molecular flexibility index (Phi) is 5.13. The van der Waals surface area contributed by atoms with E-state index in [9.17, 15) is 0 Å². The van der Waals surface area contributed by atoms with Gasteiger partial charge in [0.25, 0.3) is 0 Å². The first kappa shape index (κ1) is 12.0. The molecule has 0 spiro atoms.